The number of pyridine rings is 1. The highest BCUT2D eigenvalue weighted by Gasteiger charge is 2.02. The van der Waals surface area contributed by atoms with Crippen molar-refractivity contribution in [3.8, 4) is 0 Å². The molecule has 1 heterocycles. The number of anilines is 3. The van der Waals surface area contributed by atoms with Gasteiger partial charge in [-0.3, -0.25) is 4.72 Å². The molecule has 1 aromatic heterocycles. The Bertz CT molecular complexity index is 672. The lowest BCUT2D eigenvalue weighted by Crippen LogP contribution is -2.09. The SMILES string of the molecule is CS(=O)(=O)Nc1ccc(Nc2cccc(Cl)c2)nc1. The van der Waals surface area contributed by atoms with Crippen LogP contribution in [0.4, 0.5) is 17.2 Å². The van der Waals surface area contributed by atoms with Crippen LogP contribution in [0.3, 0.4) is 0 Å². The van der Waals surface area contributed by atoms with Crippen molar-refractivity contribution in [3.63, 3.8) is 0 Å². The lowest BCUT2D eigenvalue weighted by Gasteiger charge is -2.07. The molecule has 2 N–H and O–H groups in total. The van der Waals surface area contributed by atoms with Crippen molar-refractivity contribution in [2.24, 2.45) is 0 Å². The molecule has 0 unspecified atom stereocenters. The zero-order valence-electron chi connectivity index (χ0n) is 10.1. The van der Waals surface area contributed by atoms with Gasteiger partial charge in [0.1, 0.15) is 5.82 Å². The van der Waals surface area contributed by atoms with Crippen LogP contribution in [0, 0.1) is 0 Å². The Balaban J connectivity index is 2.11. The van der Waals surface area contributed by atoms with E-state index >= 15 is 0 Å². The lowest BCUT2D eigenvalue weighted by atomic mass is 10.3. The van der Waals surface area contributed by atoms with E-state index in [0.717, 1.165) is 11.9 Å². The van der Waals surface area contributed by atoms with Gasteiger partial charge in [-0.15, -0.1) is 0 Å². The summed E-state index contributed by atoms with van der Waals surface area (Å²) in [7, 11) is -3.28. The van der Waals surface area contributed by atoms with Crippen molar-refractivity contribution >= 4 is 38.8 Å². The number of halogens is 1. The summed E-state index contributed by atoms with van der Waals surface area (Å²) in [5.41, 5.74) is 1.22. The van der Waals surface area contributed by atoms with Crippen LogP contribution in [-0.2, 0) is 10.0 Å². The average molecular weight is 298 g/mol. The normalized spacial score (nSPS) is 11.1. The Morgan fingerprint density at radius 2 is 1.95 bits per heavy atom. The van der Waals surface area contributed by atoms with Crippen LogP contribution in [0.1, 0.15) is 0 Å². The second-order valence-corrected chi connectivity index (χ2v) is 6.13. The van der Waals surface area contributed by atoms with Crippen LogP contribution >= 0.6 is 11.6 Å². The van der Waals surface area contributed by atoms with Gasteiger partial charge in [0.15, 0.2) is 0 Å². The molecule has 0 radical (unpaired) electrons. The molecule has 0 aliphatic rings. The minimum Gasteiger partial charge on any atom is -0.340 e. The number of hydrogen-bond donors (Lipinski definition) is 2. The predicted octanol–water partition coefficient (Wildman–Crippen LogP) is 2.85. The maximum Gasteiger partial charge on any atom is 0.229 e. The van der Waals surface area contributed by atoms with Gasteiger partial charge in [-0.1, -0.05) is 17.7 Å². The fraction of sp³-hybridized carbons (Fsp3) is 0.0833. The topological polar surface area (TPSA) is 71.1 Å². The Morgan fingerprint density at radius 1 is 1.16 bits per heavy atom. The van der Waals surface area contributed by atoms with E-state index in [9.17, 15) is 8.42 Å². The van der Waals surface area contributed by atoms with Crippen molar-refractivity contribution in [2.45, 2.75) is 0 Å². The molecule has 5 nitrogen and oxygen atoms in total. The van der Waals surface area contributed by atoms with Crippen LogP contribution in [0.15, 0.2) is 42.6 Å². The van der Waals surface area contributed by atoms with Crippen molar-refractivity contribution in [1.82, 2.24) is 4.98 Å². The molecule has 0 aliphatic carbocycles. The van der Waals surface area contributed by atoms with Gasteiger partial charge >= 0.3 is 0 Å². The zero-order chi connectivity index (χ0) is 13.9. The molecular formula is C12H12ClN3O2S. The van der Waals surface area contributed by atoms with Crippen molar-refractivity contribution < 1.29 is 8.42 Å². The Labute approximate surface area is 116 Å². The summed E-state index contributed by atoms with van der Waals surface area (Å²) in [6.45, 7) is 0. The van der Waals surface area contributed by atoms with Crippen LogP contribution in [0.25, 0.3) is 0 Å². The van der Waals surface area contributed by atoms with Gasteiger partial charge in [-0.2, -0.15) is 0 Å². The monoisotopic (exact) mass is 297 g/mol. The van der Waals surface area contributed by atoms with E-state index in [0.29, 0.717) is 16.5 Å². The molecule has 1 aromatic carbocycles. The Morgan fingerprint density at radius 3 is 2.53 bits per heavy atom. The summed E-state index contributed by atoms with van der Waals surface area (Å²) < 4.78 is 24.4. The molecule has 7 heteroatoms. The number of benzene rings is 1. The van der Waals surface area contributed by atoms with Crippen LogP contribution in [0.2, 0.25) is 5.02 Å². The predicted molar refractivity (Wildman–Crippen MR) is 77.4 cm³/mol. The van der Waals surface area contributed by atoms with Crippen molar-refractivity contribution in [2.75, 3.05) is 16.3 Å². The zero-order valence-corrected chi connectivity index (χ0v) is 11.7. The van der Waals surface area contributed by atoms with E-state index < -0.39 is 10.0 Å². The molecule has 0 atom stereocenters. The molecule has 0 amide bonds. The first kappa shape index (κ1) is 13.6. The fourth-order valence-electron chi connectivity index (χ4n) is 1.46. The van der Waals surface area contributed by atoms with Gasteiger partial charge in [-0.25, -0.2) is 13.4 Å². The summed E-state index contributed by atoms with van der Waals surface area (Å²) in [5, 5.41) is 3.69. The lowest BCUT2D eigenvalue weighted by molar-refractivity contribution is 0.607. The first-order valence-corrected chi connectivity index (χ1v) is 7.66. The number of nitrogens with one attached hydrogen (secondary N) is 2. The number of hydrogen-bond acceptors (Lipinski definition) is 4. The first-order valence-electron chi connectivity index (χ1n) is 5.39. The summed E-state index contributed by atoms with van der Waals surface area (Å²) in [6, 6.07) is 10.5. The summed E-state index contributed by atoms with van der Waals surface area (Å²) in [6.07, 6.45) is 2.53. The van der Waals surface area contributed by atoms with E-state index in [1.165, 1.54) is 6.20 Å². The highest BCUT2D eigenvalue weighted by Crippen LogP contribution is 2.19. The average Bonchev–Trinajstić information content (AvgIpc) is 2.30. The Hall–Kier alpha value is -1.79. The molecule has 19 heavy (non-hydrogen) atoms. The standard InChI is InChI=1S/C12H12ClN3O2S/c1-19(17,18)16-11-5-6-12(14-8-11)15-10-4-2-3-9(13)7-10/h2-8,16H,1H3,(H,14,15). The summed E-state index contributed by atoms with van der Waals surface area (Å²) in [4.78, 5) is 4.11. The summed E-state index contributed by atoms with van der Waals surface area (Å²) >= 11 is 5.87. The number of nitrogens with zero attached hydrogens (tertiary/aromatic N) is 1. The van der Waals surface area contributed by atoms with Gasteiger partial charge in [-0.05, 0) is 30.3 Å². The van der Waals surface area contributed by atoms with E-state index in [-0.39, 0.29) is 0 Å². The largest absolute Gasteiger partial charge is 0.340 e. The molecule has 2 rings (SSSR count). The minimum absolute atomic E-state index is 0.416. The van der Waals surface area contributed by atoms with Gasteiger partial charge in [0, 0.05) is 10.7 Å². The quantitative estimate of drug-likeness (QED) is 0.910. The third kappa shape index (κ3) is 4.42. The molecule has 0 fully saturated rings. The second kappa shape index (κ2) is 5.46. The summed E-state index contributed by atoms with van der Waals surface area (Å²) in [5.74, 6) is 0.598. The number of rotatable bonds is 4. The smallest absolute Gasteiger partial charge is 0.229 e. The Kier molecular flexibility index (Phi) is 3.92. The maximum atomic E-state index is 11.0. The molecule has 0 saturated heterocycles. The van der Waals surface area contributed by atoms with Crippen molar-refractivity contribution in [3.05, 3.63) is 47.6 Å². The van der Waals surface area contributed by atoms with Gasteiger partial charge in [0.25, 0.3) is 0 Å². The van der Waals surface area contributed by atoms with E-state index in [2.05, 4.69) is 15.0 Å². The van der Waals surface area contributed by atoms with E-state index in [1.54, 1.807) is 24.3 Å². The first-order chi connectivity index (χ1) is 8.92. The molecular weight excluding hydrogens is 286 g/mol. The molecule has 0 aliphatic heterocycles. The van der Waals surface area contributed by atoms with Gasteiger partial charge in [0.05, 0.1) is 18.1 Å². The molecule has 2 aromatic rings. The third-order valence-electron chi connectivity index (χ3n) is 2.16. The highest BCUT2D eigenvalue weighted by molar-refractivity contribution is 7.92. The molecule has 0 saturated carbocycles. The van der Waals surface area contributed by atoms with E-state index in [1.807, 2.05) is 12.1 Å². The molecule has 0 spiro atoms. The molecule has 100 valence electrons. The van der Waals surface area contributed by atoms with Crippen LogP contribution < -0.4 is 10.0 Å². The number of sulfonamides is 1. The van der Waals surface area contributed by atoms with Crippen LogP contribution in [-0.4, -0.2) is 19.7 Å². The van der Waals surface area contributed by atoms with Crippen LogP contribution in [0.5, 0.6) is 0 Å². The van der Waals surface area contributed by atoms with E-state index in [4.69, 9.17) is 11.6 Å². The molecule has 0 bridgehead atoms. The maximum absolute atomic E-state index is 11.0. The fourth-order valence-corrected chi connectivity index (χ4v) is 2.20. The van der Waals surface area contributed by atoms with Crippen molar-refractivity contribution in [1.29, 1.82) is 0 Å². The number of aromatic nitrogens is 1. The minimum atomic E-state index is -3.28. The second-order valence-electron chi connectivity index (χ2n) is 3.94. The highest BCUT2D eigenvalue weighted by atomic mass is 35.5. The van der Waals surface area contributed by atoms with Gasteiger partial charge < -0.3 is 5.32 Å². The third-order valence-corrected chi connectivity index (χ3v) is 3.01. The van der Waals surface area contributed by atoms with Gasteiger partial charge in [0.2, 0.25) is 10.0 Å².